The zero-order chi connectivity index (χ0) is 17.3. The van der Waals surface area contributed by atoms with Gasteiger partial charge in [0.1, 0.15) is 11.5 Å². The Morgan fingerprint density at radius 2 is 1.88 bits per heavy atom. The van der Waals surface area contributed by atoms with Crippen molar-refractivity contribution in [3.8, 4) is 0 Å². The highest BCUT2D eigenvalue weighted by atomic mass is 16.3. The number of nitrogens with one attached hydrogen (secondary N) is 1. The molecule has 3 aromatic rings. The van der Waals surface area contributed by atoms with Crippen molar-refractivity contribution in [2.45, 2.75) is 34.2 Å². The quantitative estimate of drug-likeness (QED) is 0.761. The molecule has 1 N–H and O–H groups in total. The van der Waals surface area contributed by atoms with Gasteiger partial charge in [0.2, 0.25) is 0 Å². The molecule has 0 fully saturated rings. The van der Waals surface area contributed by atoms with Crippen LogP contribution in [0.5, 0.6) is 0 Å². The number of fused-ring (bicyclic) bond motifs is 1. The van der Waals surface area contributed by atoms with Crippen LogP contribution < -0.4 is 5.32 Å². The lowest BCUT2D eigenvalue weighted by molar-refractivity contribution is 0.0940. The van der Waals surface area contributed by atoms with E-state index in [1.54, 1.807) is 0 Å². The molecule has 3 rings (SSSR count). The summed E-state index contributed by atoms with van der Waals surface area (Å²) in [6.07, 6.45) is 0. The average molecular weight is 324 g/mol. The third-order valence-electron chi connectivity index (χ3n) is 4.08. The Balaban J connectivity index is 1.97. The molecule has 0 saturated carbocycles. The zero-order valence-corrected chi connectivity index (χ0v) is 14.7. The minimum absolute atomic E-state index is 0.0557. The summed E-state index contributed by atoms with van der Waals surface area (Å²) in [5, 5.41) is 3.00. The van der Waals surface area contributed by atoms with Gasteiger partial charge in [0.25, 0.3) is 5.91 Å². The Labute approximate surface area is 142 Å². The minimum Gasteiger partial charge on any atom is -0.460 e. The summed E-state index contributed by atoms with van der Waals surface area (Å²) in [5.41, 5.74) is 4.75. The van der Waals surface area contributed by atoms with Gasteiger partial charge in [-0.1, -0.05) is 43.7 Å². The number of rotatable bonds is 5. The molecule has 0 spiro atoms. The molecule has 1 aromatic carbocycles. The van der Waals surface area contributed by atoms with E-state index >= 15 is 0 Å². The number of furan rings is 1. The van der Waals surface area contributed by atoms with Gasteiger partial charge in [-0.15, -0.1) is 0 Å². The van der Waals surface area contributed by atoms with E-state index in [4.69, 9.17) is 4.42 Å². The van der Waals surface area contributed by atoms with Gasteiger partial charge in [-0.3, -0.25) is 4.79 Å². The van der Waals surface area contributed by atoms with Crippen LogP contribution in [0.4, 0.5) is 0 Å². The molecule has 0 radical (unpaired) electrons. The summed E-state index contributed by atoms with van der Waals surface area (Å²) < 4.78 is 7.75. The highest BCUT2D eigenvalue weighted by Gasteiger charge is 2.18. The lowest BCUT2D eigenvalue weighted by Crippen LogP contribution is -2.29. The van der Waals surface area contributed by atoms with Crippen molar-refractivity contribution in [3.05, 3.63) is 59.0 Å². The average Bonchev–Trinajstić information content (AvgIpc) is 3.04. The van der Waals surface area contributed by atoms with E-state index in [0.29, 0.717) is 24.7 Å². The van der Waals surface area contributed by atoms with E-state index in [1.807, 2.05) is 23.6 Å². The Hall–Kier alpha value is -2.49. The minimum atomic E-state index is -0.0557. The van der Waals surface area contributed by atoms with E-state index in [9.17, 15) is 4.79 Å². The van der Waals surface area contributed by atoms with Crippen molar-refractivity contribution in [1.29, 1.82) is 0 Å². The Kier molecular flexibility index (Phi) is 4.47. The van der Waals surface area contributed by atoms with Gasteiger partial charge in [-0.05, 0) is 25.3 Å². The van der Waals surface area contributed by atoms with Crippen LogP contribution >= 0.6 is 0 Å². The summed E-state index contributed by atoms with van der Waals surface area (Å²) >= 11 is 0. The maximum absolute atomic E-state index is 12.6. The maximum atomic E-state index is 12.6. The maximum Gasteiger partial charge on any atom is 0.268 e. The number of nitrogens with zero attached hydrogens (tertiary/aromatic N) is 1. The van der Waals surface area contributed by atoms with Gasteiger partial charge in [-0.25, -0.2) is 0 Å². The lowest BCUT2D eigenvalue weighted by atomic mass is 10.1. The van der Waals surface area contributed by atoms with Gasteiger partial charge in [0, 0.05) is 25.2 Å². The van der Waals surface area contributed by atoms with Gasteiger partial charge in [-0.2, -0.15) is 0 Å². The fourth-order valence-corrected chi connectivity index (χ4v) is 2.79. The molecule has 4 heteroatoms. The SMILES string of the molecule is Cc1ccc(Cn2c(C(=O)NCC(C)C)cc3oc(C)cc32)cc1. The molecule has 0 aliphatic rings. The summed E-state index contributed by atoms with van der Waals surface area (Å²) in [7, 11) is 0. The molecule has 0 aliphatic heterocycles. The molecule has 126 valence electrons. The number of benzene rings is 1. The van der Waals surface area contributed by atoms with Gasteiger partial charge in [0.05, 0.1) is 5.52 Å². The molecule has 0 bridgehead atoms. The second kappa shape index (κ2) is 6.56. The van der Waals surface area contributed by atoms with Crippen LogP contribution in [0.15, 0.2) is 40.8 Å². The molecule has 0 unspecified atom stereocenters. The molecule has 0 aliphatic carbocycles. The third-order valence-corrected chi connectivity index (χ3v) is 4.08. The Morgan fingerprint density at radius 1 is 1.17 bits per heavy atom. The second-order valence-electron chi connectivity index (χ2n) is 6.81. The molecule has 2 aromatic heterocycles. The first-order valence-corrected chi connectivity index (χ1v) is 8.37. The van der Waals surface area contributed by atoms with Gasteiger partial charge >= 0.3 is 0 Å². The van der Waals surface area contributed by atoms with Crippen molar-refractivity contribution < 1.29 is 9.21 Å². The summed E-state index contributed by atoms with van der Waals surface area (Å²) in [6.45, 7) is 9.47. The first-order chi connectivity index (χ1) is 11.4. The van der Waals surface area contributed by atoms with Crippen molar-refractivity contribution >= 4 is 17.0 Å². The molecule has 1 amide bonds. The number of hydrogen-bond acceptors (Lipinski definition) is 2. The van der Waals surface area contributed by atoms with E-state index in [1.165, 1.54) is 5.56 Å². The van der Waals surface area contributed by atoms with Crippen LogP contribution in [-0.2, 0) is 6.54 Å². The molecular weight excluding hydrogens is 300 g/mol. The summed E-state index contributed by atoms with van der Waals surface area (Å²) in [4.78, 5) is 12.6. The normalized spacial score (nSPS) is 11.4. The van der Waals surface area contributed by atoms with Crippen molar-refractivity contribution in [2.24, 2.45) is 5.92 Å². The molecule has 4 nitrogen and oxygen atoms in total. The third kappa shape index (κ3) is 3.37. The van der Waals surface area contributed by atoms with Gasteiger partial charge in [0.15, 0.2) is 5.58 Å². The number of amides is 1. The first kappa shape index (κ1) is 16.4. The van der Waals surface area contributed by atoms with Crippen molar-refractivity contribution in [3.63, 3.8) is 0 Å². The number of aromatic nitrogens is 1. The fourth-order valence-electron chi connectivity index (χ4n) is 2.79. The highest BCUT2D eigenvalue weighted by Crippen LogP contribution is 2.25. The Bertz CT molecular complexity index is 854. The first-order valence-electron chi connectivity index (χ1n) is 8.37. The van der Waals surface area contributed by atoms with Crippen LogP contribution in [0, 0.1) is 19.8 Å². The van der Waals surface area contributed by atoms with Crippen LogP contribution in [0.25, 0.3) is 11.1 Å². The number of hydrogen-bond donors (Lipinski definition) is 1. The largest absolute Gasteiger partial charge is 0.460 e. The van der Waals surface area contributed by atoms with E-state index in [2.05, 4.69) is 50.4 Å². The smallest absolute Gasteiger partial charge is 0.268 e. The topological polar surface area (TPSA) is 47.2 Å². The fraction of sp³-hybridized carbons (Fsp3) is 0.350. The number of aryl methyl sites for hydroxylation is 2. The van der Waals surface area contributed by atoms with E-state index in [0.717, 1.165) is 22.4 Å². The Morgan fingerprint density at radius 3 is 2.54 bits per heavy atom. The number of carbonyl (C=O) groups excluding carboxylic acids is 1. The molecule has 0 saturated heterocycles. The van der Waals surface area contributed by atoms with Crippen LogP contribution in [0.3, 0.4) is 0 Å². The molecule has 2 heterocycles. The predicted molar refractivity (Wildman–Crippen MR) is 96.4 cm³/mol. The molecular formula is C20H24N2O2. The van der Waals surface area contributed by atoms with Crippen molar-refractivity contribution in [2.75, 3.05) is 6.54 Å². The monoisotopic (exact) mass is 324 g/mol. The van der Waals surface area contributed by atoms with Crippen LogP contribution in [0.1, 0.15) is 41.2 Å². The van der Waals surface area contributed by atoms with Crippen LogP contribution in [0.2, 0.25) is 0 Å². The van der Waals surface area contributed by atoms with Crippen LogP contribution in [-0.4, -0.2) is 17.0 Å². The van der Waals surface area contributed by atoms with Gasteiger partial charge < -0.3 is 14.3 Å². The van der Waals surface area contributed by atoms with E-state index in [-0.39, 0.29) is 5.91 Å². The van der Waals surface area contributed by atoms with E-state index < -0.39 is 0 Å². The number of carbonyl (C=O) groups is 1. The zero-order valence-electron chi connectivity index (χ0n) is 14.7. The lowest BCUT2D eigenvalue weighted by Gasteiger charge is -2.12. The summed E-state index contributed by atoms with van der Waals surface area (Å²) in [5.74, 6) is 1.21. The summed E-state index contributed by atoms with van der Waals surface area (Å²) in [6, 6.07) is 12.2. The standard InChI is InChI=1S/C20H24N2O2/c1-13(2)11-21-20(23)18-10-19-17(9-15(4)24-19)22(18)12-16-7-5-14(3)6-8-16/h5-10,13H,11-12H2,1-4H3,(H,21,23). The second-order valence-corrected chi connectivity index (χ2v) is 6.81. The predicted octanol–water partition coefficient (Wildman–Crippen LogP) is 4.29. The molecule has 0 atom stereocenters. The van der Waals surface area contributed by atoms with Crippen molar-refractivity contribution in [1.82, 2.24) is 9.88 Å². The molecule has 24 heavy (non-hydrogen) atoms. The highest BCUT2D eigenvalue weighted by molar-refractivity contribution is 5.97.